The summed E-state index contributed by atoms with van der Waals surface area (Å²) >= 11 is 0. The smallest absolute Gasteiger partial charge is 0.217 e. The van der Waals surface area contributed by atoms with Crippen LogP contribution in [0.4, 0.5) is 0 Å². The summed E-state index contributed by atoms with van der Waals surface area (Å²) in [5, 5.41) is 2.68. The highest BCUT2D eigenvalue weighted by atomic mass is 16.1. The summed E-state index contributed by atoms with van der Waals surface area (Å²) in [4.78, 5) is 21.2. The van der Waals surface area contributed by atoms with Gasteiger partial charge in [-0.2, -0.15) is 0 Å². The number of nitrogens with one attached hydrogen (secondary N) is 1. The lowest BCUT2D eigenvalue weighted by Crippen LogP contribution is -2.31. The first-order chi connectivity index (χ1) is 5.56. The van der Waals surface area contributed by atoms with E-state index in [0.717, 1.165) is 0 Å². The maximum absolute atomic E-state index is 10.6. The van der Waals surface area contributed by atoms with Crippen LogP contribution in [0.15, 0.2) is 12.7 Å². The molecule has 0 rings (SSSR count). The normalized spacial score (nSPS) is 11.8. The van der Waals surface area contributed by atoms with Crippen molar-refractivity contribution in [2.75, 3.05) is 0 Å². The van der Waals surface area contributed by atoms with Crippen molar-refractivity contribution in [3.63, 3.8) is 0 Å². The first-order valence-corrected chi connectivity index (χ1v) is 3.95. The van der Waals surface area contributed by atoms with Crippen molar-refractivity contribution >= 4 is 11.7 Å². The van der Waals surface area contributed by atoms with Crippen molar-refractivity contribution < 1.29 is 9.59 Å². The molecule has 0 aliphatic carbocycles. The van der Waals surface area contributed by atoms with Crippen LogP contribution in [0.3, 0.4) is 0 Å². The van der Waals surface area contributed by atoms with E-state index in [1.54, 1.807) is 6.08 Å². The van der Waals surface area contributed by atoms with Crippen LogP contribution in [0.2, 0.25) is 0 Å². The van der Waals surface area contributed by atoms with E-state index in [4.69, 9.17) is 0 Å². The van der Waals surface area contributed by atoms with Crippen LogP contribution in [-0.2, 0) is 9.59 Å². The molecule has 0 saturated heterocycles. The maximum Gasteiger partial charge on any atom is 0.217 e. The van der Waals surface area contributed by atoms with Gasteiger partial charge in [0.2, 0.25) is 5.91 Å². The molecule has 0 aliphatic rings. The molecule has 0 unspecified atom stereocenters. The minimum Gasteiger partial charge on any atom is -0.350 e. The molecule has 0 saturated carbocycles. The van der Waals surface area contributed by atoms with Gasteiger partial charge in [0.1, 0.15) is 5.78 Å². The molecule has 0 aliphatic heterocycles. The number of amides is 1. The van der Waals surface area contributed by atoms with Crippen LogP contribution in [-0.4, -0.2) is 17.7 Å². The summed E-state index contributed by atoms with van der Waals surface area (Å²) in [6, 6.07) is -0.0774. The minimum absolute atomic E-state index is 0.0774. The fourth-order valence-corrected chi connectivity index (χ4v) is 0.869. The van der Waals surface area contributed by atoms with E-state index >= 15 is 0 Å². The average Bonchev–Trinajstić information content (AvgIpc) is 1.97. The van der Waals surface area contributed by atoms with Crippen molar-refractivity contribution in [1.82, 2.24) is 5.32 Å². The molecular weight excluding hydrogens is 154 g/mol. The summed E-state index contributed by atoms with van der Waals surface area (Å²) in [6.07, 6.45) is 2.76. The predicted octanol–water partition coefficient (Wildman–Crippen LogP) is 1.05. The molecule has 0 aromatic carbocycles. The molecule has 68 valence electrons. The molecule has 1 amide bonds. The zero-order valence-corrected chi connectivity index (χ0v) is 7.59. The Bertz CT molecular complexity index is 187. The zero-order chi connectivity index (χ0) is 9.56. The van der Waals surface area contributed by atoms with Crippen LogP contribution in [0.5, 0.6) is 0 Å². The van der Waals surface area contributed by atoms with Crippen LogP contribution in [0, 0.1) is 0 Å². The van der Waals surface area contributed by atoms with E-state index in [9.17, 15) is 9.59 Å². The Labute approximate surface area is 72.8 Å². The van der Waals surface area contributed by atoms with Crippen LogP contribution in [0.25, 0.3) is 0 Å². The fourth-order valence-electron chi connectivity index (χ4n) is 0.869. The molecule has 1 N–H and O–H groups in total. The standard InChI is InChI=1S/C9H15NO2/c1-4-9(10-8(3)12)6-5-7(2)11/h4,9H,1,5-6H2,2-3H3,(H,10,12)/t9-/m1/s1. The van der Waals surface area contributed by atoms with Crippen molar-refractivity contribution in [3.8, 4) is 0 Å². The molecule has 0 bridgehead atoms. The molecule has 12 heavy (non-hydrogen) atoms. The molecule has 0 aromatic rings. The predicted molar refractivity (Wildman–Crippen MR) is 47.7 cm³/mol. The van der Waals surface area contributed by atoms with Gasteiger partial charge in [-0.25, -0.2) is 0 Å². The Morgan fingerprint density at radius 3 is 2.42 bits per heavy atom. The summed E-state index contributed by atoms with van der Waals surface area (Å²) in [7, 11) is 0. The van der Waals surface area contributed by atoms with Gasteiger partial charge < -0.3 is 10.1 Å². The molecule has 3 nitrogen and oxygen atoms in total. The van der Waals surface area contributed by atoms with Gasteiger partial charge in [0.15, 0.2) is 0 Å². The van der Waals surface area contributed by atoms with Crippen molar-refractivity contribution in [3.05, 3.63) is 12.7 Å². The second-order valence-corrected chi connectivity index (χ2v) is 2.78. The monoisotopic (exact) mass is 169 g/mol. The summed E-state index contributed by atoms with van der Waals surface area (Å²) in [5.41, 5.74) is 0. The summed E-state index contributed by atoms with van der Waals surface area (Å²) < 4.78 is 0. The zero-order valence-electron chi connectivity index (χ0n) is 7.59. The third kappa shape index (κ3) is 5.65. The highest BCUT2D eigenvalue weighted by molar-refractivity contribution is 5.76. The molecular formula is C9H15NO2. The lowest BCUT2D eigenvalue weighted by molar-refractivity contribution is -0.120. The number of ketones is 1. The quantitative estimate of drug-likeness (QED) is 0.625. The number of rotatable bonds is 5. The van der Waals surface area contributed by atoms with Gasteiger partial charge in [-0.1, -0.05) is 6.08 Å². The van der Waals surface area contributed by atoms with Gasteiger partial charge in [0.05, 0.1) is 0 Å². The topological polar surface area (TPSA) is 46.2 Å². The van der Waals surface area contributed by atoms with Gasteiger partial charge in [-0.15, -0.1) is 6.58 Å². The molecule has 3 heteroatoms. The van der Waals surface area contributed by atoms with E-state index in [1.807, 2.05) is 0 Å². The lowest BCUT2D eigenvalue weighted by atomic mass is 10.1. The van der Waals surface area contributed by atoms with Gasteiger partial charge in [0, 0.05) is 19.4 Å². The highest BCUT2D eigenvalue weighted by Gasteiger charge is 2.05. The Morgan fingerprint density at radius 2 is 2.08 bits per heavy atom. The first kappa shape index (κ1) is 10.9. The van der Waals surface area contributed by atoms with Crippen molar-refractivity contribution in [2.24, 2.45) is 0 Å². The average molecular weight is 169 g/mol. The minimum atomic E-state index is -0.0940. The third-order valence-electron chi connectivity index (χ3n) is 1.48. The molecule has 0 fully saturated rings. The lowest BCUT2D eigenvalue weighted by Gasteiger charge is -2.11. The number of Topliss-reactive ketones (excluding diaryl/α,β-unsaturated/α-hetero) is 1. The highest BCUT2D eigenvalue weighted by Crippen LogP contribution is 1.98. The second kappa shape index (κ2) is 5.52. The fraction of sp³-hybridized carbons (Fsp3) is 0.556. The largest absolute Gasteiger partial charge is 0.350 e. The Morgan fingerprint density at radius 1 is 1.50 bits per heavy atom. The van der Waals surface area contributed by atoms with Gasteiger partial charge >= 0.3 is 0 Å². The van der Waals surface area contributed by atoms with Gasteiger partial charge in [-0.3, -0.25) is 4.79 Å². The summed E-state index contributed by atoms with van der Waals surface area (Å²) in [5.74, 6) is 0.0376. The van der Waals surface area contributed by atoms with Crippen molar-refractivity contribution in [1.29, 1.82) is 0 Å². The Hall–Kier alpha value is -1.12. The molecule has 0 aromatic heterocycles. The second-order valence-electron chi connectivity index (χ2n) is 2.78. The molecule has 0 spiro atoms. The van der Waals surface area contributed by atoms with E-state index in [1.165, 1.54) is 13.8 Å². The van der Waals surface area contributed by atoms with Crippen LogP contribution < -0.4 is 5.32 Å². The number of carbonyl (C=O) groups is 2. The van der Waals surface area contributed by atoms with E-state index in [2.05, 4.69) is 11.9 Å². The Kier molecular flexibility index (Phi) is 5.00. The molecule has 0 radical (unpaired) electrons. The maximum atomic E-state index is 10.6. The SMILES string of the molecule is C=C[C@H](CCC(C)=O)NC(C)=O. The third-order valence-corrected chi connectivity index (χ3v) is 1.48. The van der Waals surface area contributed by atoms with Gasteiger partial charge in [-0.05, 0) is 13.3 Å². The number of hydrogen-bond acceptors (Lipinski definition) is 2. The number of carbonyl (C=O) groups excluding carboxylic acids is 2. The van der Waals surface area contributed by atoms with E-state index in [-0.39, 0.29) is 17.7 Å². The summed E-state index contributed by atoms with van der Waals surface area (Å²) in [6.45, 7) is 6.55. The number of hydrogen-bond donors (Lipinski definition) is 1. The Balaban J connectivity index is 3.75. The van der Waals surface area contributed by atoms with Crippen LogP contribution >= 0.6 is 0 Å². The van der Waals surface area contributed by atoms with Crippen molar-refractivity contribution in [2.45, 2.75) is 32.7 Å². The van der Waals surface area contributed by atoms with E-state index in [0.29, 0.717) is 12.8 Å². The van der Waals surface area contributed by atoms with Gasteiger partial charge in [0.25, 0.3) is 0 Å². The first-order valence-electron chi connectivity index (χ1n) is 3.95. The van der Waals surface area contributed by atoms with Crippen LogP contribution in [0.1, 0.15) is 26.7 Å². The van der Waals surface area contributed by atoms with E-state index < -0.39 is 0 Å². The molecule has 1 atom stereocenters. The molecule has 0 heterocycles.